The second kappa shape index (κ2) is 8.87. The van der Waals surface area contributed by atoms with Gasteiger partial charge in [0.1, 0.15) is 0 Å². The minimum Gasteiger partial charge on any atom is -0.352 e. The maximum atomic E-state index is 9.00. The molecule has 0 heterocycles. The molecule has 0 fully saturated rings. The van der Waals surface area contributed by atoms with Gasteiger partial charge < -0.3 is 17.6 Å². The quantitative estimate of drug-likeness (QED) is 0.386. The lowest BCUT2D eigenvalue weighted by molar-refractivity contribution is 0.256. The van der Waals surface area contributed by atoms with Crippen molar-refractivity contribution in [3.8, 4) is 0 Å². The van der Waals surface area contributed by atoms with E-state index in [1.165, 1.54) is 0 Å². The van der Waals surface area contributed by atoms with Crippen LogP contribution >= 0.6 is 0 Å². The summed E-state index contributed by atoms with van der Waals surface area (Å²) in [5, 5.41) is 0. The fraction of sp³-hybridized carbons (Fsp3) is 0.500. The van der Waals surface area contributed by atoms with Crippen molar-refractivity contribution in [1.82, 2.24) is 6.15 Å². The lowest BCUT2D eigenvalue weighted by Gasteiger charge is -1.62. The van der Waals surface area contributed by atoms with Crippen LogP contribution < -0.4 is 17.6 Å². The molecule has 0 atom stereocenters. The van der Waals surface area contributed by atoms with Crippen molar-refractivity contribution in [1.29, 1.82) is 0 Å². The highest BCUT2D eigenvalue weighted by Crippen LogP contribution is 1.25. The molecule has 0 rings (SSSR count). The largest absolute Gasteiger partial charge is 0.352 e. The highest BCUT2D eigenvalue weighted by atomic mass is 16.2. The van der Waals surface area contributed by atoms with Crippen LogP contribution in [-0.4, -0.2) is 6.03 Å². The van der Waals surface area contributed by atoms with Crippen LogP contribution in [0.4, 0.5) is 4.79 Å². The number of amides is 2. The molecule has 0 saturated carbocycles. The number of urea groups is 1. The second-order valence-corrected chi connectivity index (χ2v) is 0.402. The molecule has 4 heteroatoms. The zero-order valence-corrected chi connectivity index (χ0v) is 2.77. The van der Waals surface area contributed by atoms with Gasteiger partial charge in [0.05, 0.1) is 0 Å². The van der Waals surface area contributed by atoms with E-state index >= 15 is 0 Å². The standard InChI is InChI=1S/CH4N2O.CH4.H3N/c2-1(3)4;;/h(H4,2,3,4);1H4;1H3. The second-order valence-electron chi connectivity index (χ2n) is 0.402. The summed E-state index contributed by atoms with van der Waals surface area (Å²) in [6.45, 7) is 0. The van der Waals surface area contributed by atoms with Gasteiger partial charge in [-0.15, -0.1) is 0 Å². The van der Waals surface area contributed by atoms with E-state index in [-0.39, 0.29) is 13.6 Å². The molecule has 0 bridgehead atoms. The Hall–Kier alpha value is -0.770. The molecule has 6 heavy (non-hydrogen) atoms. The van der Waals surface area contributed by atoms with Gasteiger partial charge in [-0.2, -0.15) is 0 Å². The number of rotatable bonds is 0. The molecule has 0 aliphatic heterocycles. The summed E-state index contributed by atoms with van der Waals surface area (Å²) in [7, 11) is 0. The lowest BCUT2D eigenvalue weighted by atomic mass is 11.2. The molecule has 0 aliphatic rings. The van der Waals surface area contributed by atoms with Crippen molar-refractivity contribution in [2.45, 2.75) is 7.43 Å². The normalized spacial score (nSPS) is 4.00. The number of carbonyl (C=O) groups is 1. The minimum atomic E-state index is -0.833. The molecular formula is C2H11N3O. The van der Waals surface area contributed by atoms with Crippen LogP contribution in [0.2, 0.25) is 0 Å². The van der Waals surface area contributed by atoms with Gasteiger partial charge in [-0.3, -0.25) is 0 Å². The van der Waals surface area contributed by atoms with Gasteiger partial charge in [0.2, 0.25) is 0 Å². The van der Waals surface area contributed by atoms with E-state index in [4.69, 9.17) is 4.79 Å². The van der Waals surface area contributed by atoms with Crippen LogP contribution in [0.5, 0.6) is 0 Å². The summed E-state index contributed by atoms with van der Waals surface area (Å²) in [5.41, 5.74) is 8.50. The lowest BCUT2D eigenvalue weighted by Crippen LogP contribution is -2.18. The molecule has 0 radical (unpaired) electrons. The fourth-order valence-corrected chi connectivity index (χ4v) is 0. The van der Waals surface area contributed by atoms with Crippen molar-refractivity contribution in [2.24, 2.45) is 11.5 Å². The summed E-state index contributed by atoms with van der Waals surface area (Å²) in [4.78, 5) is 9.00. The molecule has 0 spiro atoms. The molecule has 7 N–H and O–H groups in total. The topological polar surface area (TPSA) is 104 Å². The zero-order chi connectivity index (χ0) is 3.58. The highest BCUT2D eigenvalue weighted by molar-refractivity contribution is 5.69. The Morgan fingerprint density at radius 2 is 1.33 bits per heavy atom. The van der Waals surface area contributed by atoms with Gasteiger partial charge in [0.15, 0.2) is 0 Å². The van der Waals surface area contributed by atoms with Crippen molar-refractivity contribution >= 4 is 6.03 Å². The third kappa shape index (κ3) is 27.1. The highest BCUT2D eigenvalue weighted by Gasteiger charge is 1.60. The Morgan fingerprint density at radius 3 is 1.33 bits per heavy atom. The summed E-state index contributed by atoms with van der Waals surface area (Å²) in [6.07, 6.45) is 0. The van der Waals surface area contributed by atoms with Crippen molar-refractivity contribution in [3.05, 3.63) is 0 Å². The van der Waals surface area contributed by atoms with Gasteiger partial charge in [-0.1, -0.05) is 7.43 Å². The average Bonchev–Trinajstić information content (AvgIpc) is 0.811. The van der Waals surface area contributed by atoms with E-state index in [0.29, 0.717) is 0 Å². The van der Waals surface area contributed by atoms with Crippen molar-refractivity contribution in [2.75, 3.05) is 0 Å². The van der Waals surface area contributed by atoms with Crippen LogP contribution in [0, 0.1) is 0 Å². The number of hydrogen-bond acceptors (Lipinski definition) is 2. The number of hydrogen-bond donors (Lipinski definition) is 3. The fourth-order valence-electron chi connectivity index (χ4n) is 0. The first-order valence-electron chi connectivity index (χ1n) is 0.781. The van der Waals surface area contributed by atoms with Crippen LogP contribution in [-0.2, 0) is 0 Å². The molecular weight excluding hydrogens is 82.0 g/mol. The SMILES string of the molecule is C.N.NC(N)=O. The zero-order valence-electron chi connectivity index (χ0n) is 2.77. The van der Waals surface area contributed by atoms with Gasteiger partial charge in [0, 0.05) is 0 Å². The minimum absolute atomic E-state index is 0. The van der Waals surface area contributed by atoms with E-state index in [2.05, 4.69) is 11.5 Å². The Kier molecular flexibility index (Phi) is 27.8. The van der Waals surface area contributed by atoms with Crippen LogP contribution in [0.25, 0.3) is 0 Å². The first-order chi connectivity index (χ1) is 1.73. The van der Waals surface area contributed by atoms with Crippen LogP contribution in [0.1, 0.15) is 7.43 Å². The molecule has 0 aliphatic carbocycles. The average molecular weight is 93.1 g/mol. The number of carbonyl (C=O) groups excluding carboxylic acids is 1. The van der Waals surface area contributed by atoms with Crippen molar-refractivity contribution < 1.29 is 4.79 Å². The van der Waals surface area contributed by atoms with E-state index < -0.39 is 6.03 Å². The molecule has 40 valence electrons. The first-order valence-corrected chi connectivity index (χ1v) is 0.781. The van der Waals surface area contributed by atoms with Gasteiger partial charge in [0.25, 0.3) is 0 Å². The summed E-state index contributed by atoms with van der Waals surface area (Å²) < 4.78 is 0. The monoisotopic (exact) mass is 93.1 g/mol. The van der Waals surface area contributed by atoms with Gasteiger partial charge in [-0.05, 0) is 0 Å². The van der Waals surface area contributed by atoms with Gasteiger partial charge in [-0.25, -0.2) is 4.79 Å². The summed E-state index contributed by atoms with van der Waals surface area (Å²) >= 11 is 0. The third-order valence-electron chi connectivity index (χ3n) is 0. The maximum absolute atomic E-state index is 9.00. The van der Waals surface area contributed by atoms with Crippen molar-refractivity contribution in [3.63, 3.8) is 0 Å². The Labute approximate surface area is 37.1 Å². The van der Waals surface area contributed by atoms with Gasteiger partial charge >= 0.3 is 6.03 Å². The molecule has 0 unspecified atom stereocenters. The Balaban J connectivity index is -0.0000000450. The Bertz CT molecular complexity index is 31.8. The predicted molar refractivity (Wildman–Crippen MR) is 25.5 cm³/mol. The molecule has 0 saturated heterocycles. The molecule has 0 aromatic carbocycles. The summed E-state index contributed by atoms with van der Waals surface area (Å²) in [6, 6.07) is -0.833. The maximum Gasteiger partial charge on any atom is 0.309 e. The van der Waals surface area contributed by atoms with E-state index in [1.54, 1.807) is 0 Å². The van der Waals surface area contributed by atoms with E-state index in [9.17, 15) is 0 Å². The summed E-state index contributed by atoms with van der Waals surface area (Å²) in [5.74, 6) is 0. The number of nitrogens with two attached hydrogens (primary N) is 2. The third-order valence-corrected chi connectivity index (χ3v) is 0. The smallest absolute Gasteiger partial charge is 0.309 e. The molecule has 2 amide bonds. The van der Waals surface area contributed by atoms with Crippen LogP contribution in [0.15, 0.2) is 0 Å². The molecule has 0 aromatic heterocycles. The van der Waals surface area contributed by atoms with E-state index in [1.807, 2.05) is 0 Å². The Morgan fingerprint density at radius 1 is 1.33 bits per heavy atom. The molecule has 0 aromatic rings. The van der Waals surface area contributed by atoms with E-state index in [0.717, 1.165) is 0 Å². The predicted octanol–water partition coefficient (Wildman–Crippen LogP) is -0.178. The number of primary amides is 2. The van der Waals surface area contributed by atoms with Crippen LogP contribution in [0.3, 0.4) is 0 Å². The first kappa shape index (κ1) is 18.8. The molecule has 4 nitrogen and oxygen atoms in total.